The van der Waals surface area contributed by atoms with Gasteiger partial charge in [-0.05, 0) is 69.7 Å². The van der Waals surface area contributed by atoms with Gasteiger partial charge in [0.15, 0.2) is 0 Å². The van der Waals surface area contributed by atoms with Gasteiger partial charge in [-0.1, -0.05) is 63.9 Å². The van der Waals surface area contributed by atoms with Crippen molar-refractivity contribution >= 4 is 12.4 Å². The van der Waals surface area contributed by atoms with E-state index in [0.29, 0.717) is 18.1 Å². The maximum Gasteiger partial charge on any atom is 0.0869 e. The first kappa shape index (κ1) is 28.1. The number of aliphatic imine (C=N–C) groups is 2. The van der Waals surface area contributed by atoms with Crippen LogP contribution < -0.4 is 10.6 Å². The molecule has 1 aliphatic heterocycles. The van der Waals surface area contributed by atoms with E-state index in [-0.39, 0.29) is 5.41 Å². The van der Waals surface area contributed by atoms with Crippen molar-refractivity contribution < 1.29 is 0 Å². The lowest BCUT2D eigenvalue weighted by Crippen LogP contribution is -2.33. The zero-order valence-electron chi connectivity index (χ0n) is 25.1. The fourth-order valence-electron chi connectivity index (χ4n) is 7.22. The summed E-state index contributed by atoms with van der Waals surface area (Å²) in [5.74, 6) is 0. The van der Waals surface area contributed by atoms with Gasteiger partial charge < -0.3 is 20.6 Å². The molecule has 41 heavy (non-hydrogen) atoms. The second kappa shape index (κ2) is 13.3. The first-order valence-corrected chi connectivity index (χ1v) is 16.5. The monoisotopic (exact) mass is 554 g/mol. The number of aromatic amines is 2. The first-order chi connectivity index (χ1) is 20.2. The second-order valence-corrected chi connectivity index (χ2v) is 13.0. The summed E-state index contributed by atoms with van der Waals surface area (Å²) in [6.45, 7) is 2.32. The molecule has 0 radical (unpaired) electrons. The summed E-state index contributed by atoms with van der Waals surface area (Å²) in [7, 11) is 0. The lowest BCUT2D eigenvalue weighted by atomic mass is 9.80. The van der Waals surface area contributed by atoms with E-state index in [9.17, 15) is 0 Å². The van der Waals surface area contributed by atoms with Crippen LogP contribution in [0.5, 0.6) is 0 Å². The van der Waals surface area contributed by atoms with Gasteiger partial charge in [-0.2, -0.15) is 0 Å². The van der Waals surface area contributed by atoms with Crippen molar-refractivity contribution in [3.8, 4) is 0 Å². The molecule has 0 spiro atoms. The van der Waals surface area contributed by atoms with Crippen LogP contribution in [0.2, 0.25) is 0 Å². The van der Waals surface area contributed by atoms with Gasteiger partial charge in [0.25, 0.3) is 0 Å². The topological polar surface area (TPSA) is 80.4 Å². The van der Waals surface area contributed by atoms with Crippen LogP contribution in [-0.2, 0) is 5.41 Å². The molecule has 0 atom stereocenters. The SMILES string of the molecule is CC(C1=CC/C(=C/NC2CCCCC2)N1)(c1ccc(C=NC2CCCCC2)[nH]1)c1ccc(C=NC2CCCCC2)[nH]1. The molecule has 0 amide bonds. The third-order valence-electron chi connectivity index (χ3n) is 9.95. The Morgan fingerprint density at radius 1 is 0.707 bits per heavy atom. The number of hydrogen-bond acceptors (Lipinski definition) is 4. The van der Waals surface area contributed by atoms with Gasteiger partial charge in [-0.3, -0.25) is 9.98 Å². The standard InChI is InChI=1S/C35H50N6/c1-35(32-20-17-29(39-32)23-36-26-11-5-2-6-12-26,33-21-18-30(40-33)24-37-27-13-7-3-8-14-27)34-22-19-31(41-34)25-38-28-15-9-4-10-16-28/h17-18,20-28,38-41H,2-16,19H2,1H3/b31-25-,36-23?,37-24?. The molecule has 6 heteroatoms. The summed E-state index contributed by atoms with van der Waals surface area (Å²) in [5.41, 5.74) is 6.57. The Morgan fingerprint density at radius 3 is 1.76 bits per heavy atom. The van der Waals surface area contributed by atoms with Crippen molar-refractivity contribution in [2.24, 2.45) is 9.98 Å². The highest BCUT2D eigenvalue weighted by molar-refractivity contribution is 5.78. The molecule has 2 aromatic rings. The lowest BCUT2D eigenvalue weighted by molar-refractivity contribution is 0.403. The first-order valence-electron chi connectivity index (χ1n) is 16.5. The van der Waals surface area contributed by atoms with E-state index in [2.05, 4.69) is 76.5 Å². The number of nitrogens with zero attached hydrogens (tertiary/aromatic N) is 2. The molecule has 0 saturated heterocycles. The molecular weight excluding hydrogens is 504 g/mol. The van der Waals surface area contributed by atoms with Crippen molar-refractivity contribution in [3.05, 3.63) is 70.7 Å². The number of aromatic nitrogens is 2. The largest absolute Gasteiger partial charge is 0.387 e. The van der Waals surface area contributed by atoms with Crippen molar-refractivity contribution in [1.82, 2.24) is 20.6 Å². The molecule has 2 aromatic heterocycles. The third kappa shape index (κ3) is 6.90. The van der Waals surface area contributed by atoms with Crippen LogP contribution in [0.25, 0.3) is 0 Å². The fourth-order valence-corrected chi connectivity index (χ4v) is 7.22. The highest BCUT2D eigenvalue weighted by Gasteiger charge is 2.38. The van der Waals surface area contributed by atoms with Gasteiger partial charge in [0.1, 0.15) is 0 Å². The maximum atomic E-state index is 4.94. The molecule has 0 unspecified atom stereocenters. The Labute approximate surface area is 246 Å². The van der Waals surface area contributed by atoms with Gasteiger partial charge in [-0.25, -0.2) is 0 Å². The fraction of sp³-hybridized carbons (Fsp3) is 0.600. The molecule has 220 valence electrons. The van der Waals surface area contributed by atoms with Gasteiger partial charge >= 0.3 is 0 Å². The number of hydrogen-bond donors (Lipinski definition) is 4. The van der Waals surface area contributed by atoms with Gasteiger partial charge in [0.05, 0.1) is 28.9 Å². The molecule has 0 aromatic carbocycles. The number of rotatable bonds is 9. The molecule has 0 bridgehead atoms. The molecular formula is C35H50N6. The highest BCUT2D eigenvalue weighted by atomic mass is 15.0. The molecule has 3 saturated carbocycles. The molecule has 6 rings (SSSR count). The zero-order valence-corrected chi connectivity index (χ0v) is 25.1. The number of H-pyrrole nitrogens is 2. The van der Waals surface area contributed by atoms with E-state index >= 15 is 0 Å². The van der Waals surface area contributed by atoms with Gasteiger partial charge in [0, 0.05) is 53.9 Å². The van der Waals surface area contributed by atoms with E-state index in [1.165, 1.54) is 119 Å². The van der Waals surface area contributed by atoms with Crippen molar-refractivity contribution in [2.75, 3.05) is 0 Å². The van der Waals surface area contributed by atoms with Crippen LogP contribution in [0.4, 0.5) is 0 Å². The van der Waals surface area contributed by atoms with E-state index in [0.717, 1.165) is 17.8 Å². The van der Waals surface area contributed by atoms with Gasteiger partial charge in [-0.15, -0.1) is 0 Å². The molecule has 6 nitrogen and oxygen atoms in total. The molecule has 3 aliphatic carbocycles. The van der Waals surface area contributed by atoms with Crippen LogP contribution in [0.3, 0.4) is 0 Å². The van der Waals surface area contributed by atoms with Crippen LogP contribution in [-0.4, -0.2) is 40.5 Å². The summed E-state index contributed by atoms with van der Waals surface area (Å²) >= 11 is 0. The average Bonchev–Trinajstić information content (AvgIpc) is 3.81. The third-order valence-corrected chi connectivity index (χ3v) is 9.95. The molecule has 3 heterocycles. The van der Waals surface area contributed by atoms with Crippen LogP contribution in [0.1, 0.15) is 132 Å². The number of nitrogens with one attached hydrogen (secondary N) is 4. The predicted molar refractivity (Wildman–Crippen MR) is 171 cm³/mol. The Hall–Kier alpha value is -3.02. The average molecular weight is 555 g/mol. The van der Waals surface area contributed by atoms with E-state index in [1.54, 1.807) is 0 Å². The van der Waals surface area contributed by atoms with E-state index in [4.69, 9.17) is 9.98 Å². The molecule has 4 aliphatic rings. The Kier molecular flexibility index (Phi) is 9.13. The van der Waals surface area contributed by atoms with Gasteiger partial charge in [0.2, 0.25) is 0 Å². The summed E-state index contributed by atoms with van der Waals surface area (Å²) in [6, 6.07) is 10.4. The minimum absolute atomic E-state index is 0.381. The van der Waals surface area contributed by atoms with E-state index in [1.807, 2.05) is 0 Å². The second-order valence-electron chi connectivity index (χ2n) is 13.0. The van der Waals surface area contributed by atoms with Crippen LogP contribution in [0, 0.1) is 0 Å². The Bertz CT molecular complexity index is 1170. The Balaban J connectivity index is 1.23. The zero-order chi connectivity index (χ0) is 27.9. The minimum atomic E-state index is -0.381. The maximum absolute atomic E-state index is 4.94. The minimum Gasteiger partial charge on any atom is -0.387 e. The number of allylic oxidation sites excluding steroid dienone is 2. The molecule has 4 N–H and O–H groups in total. The predicted octanol–water partition coefficient (Wildman–Crippen LogP) is 7.79. The smallest absolute Gasteiger partial charge is 0.0869 e. The summed E-state index contributed by atoms with van der Waals surface area (Å²) < 4.78 is 0. The van der Waals surface area contributed by atoms with Crippen molar-refractivity contribution in [1.29, 1.82) is 0 Å². The normalized spacial score (nSPS) is 24.2. The van der Waals surface area contributed by atoms with Crippen LogP contribution in [0.15, 0.2) is 57.9 Å². The van der Waals surface area contributed by atoms with Crippen LogP contribution >= 0.6 is 0 Å². The molecule has 3 fully saturated rings. The highest BCUT2D eigenvalue weighted by Crippen LogP contribution is 2.39. The van der Waals surface area contributed by atoms with Crippen molar-refractivity contribution in [3.63, 3.8) is 0 Å². The summed E-state index contributed by atoms with van der Waals surface area (Å²) in [4.78, 5) is 17.4. The summed E-state index contributed by atoms with van der Waals surface area (Å²) in [5, 5.41) is 7.52. The van der Waals surface area contributed by atoms with E-state index < -0.39 is 0 Å². The quantitative estimate of drug-likeness (QED) is 0.239. The summed E-state index contributed by atoms with van der Waals surface area (Å²) in [6.07, 6.45) is 29.1. The van der Waals surface area contributed by atoms with Crippen molar-refractivity contribution in [2.45, 2.75) is 133 Å². The Morgan fingerprint density at radius 2 is 1.22 bits per heavy atom. The lowest BCUT2D eigenvalue weighted by Gasteiger charge is -2.30.